The molecule has 0 saturated carbocycles. The van der Waals surface area contributed by atoms with E-state index in [4.69, 9.17) is 11.6 Å². The maximum atomic E-state index is 12.1. The number of H-pyrrole nitrogens is 1. The minimum Gasteiger partial charge on any atom is -0.387 e. The number of anilines is 1. The number of nitrogens with zero attached hydrogens (tertiary/aromatic N) is 1. The topological polar surface area (TPSA) is 69.8 Å². The van der Waals surface area contributed by atoms with Gasteiger partial charge in [0.2, 0.25) is 0 Å². The molecule has 3 N–H and O–H groups in total. The summed E-state index contributed by atoms with van der Waals surface area (Å²) in [5.41, 5.74) is 1.29. The van der Waals surface area contributed by atoms with Crippen molar-refractivity contribution in [3.05, 3.63) is 47.0 Å². The van der Waals surface area contributed by atoms with Crippen molar-refractivity contribution >= 4 is 23.2 Å². The molecule has 0 bridgehead atoms. The summed E-state index contributed by atoms with van der Waals surface area (Å²) in [5, 5.41) is 6.35. The van der Waals surface area contributed by atoms with Gasteiger partial charge >= 0.3 is 0 Å². The van der Waals surface area contributed by atoms with Gasteiger partial charge in [0.1, 0.15) is 5.82 Å². The Morgan fingerprint density at radius 1 is 1.47 bits per heavy atom. The maximum absolute atomic E-state index is 12.1. The molecular weight excluding hydrogens is 264 g/mol. The van der Waals surface area contributed by atoms with Gasteiger partial charge in [-0.15, -0.1) is 0 Å². The van der Waals surface area contributed by atoms with Crippen molar-refractivity contribution in [1.29, 1.82) is 0 Å². The number of benzene rings is 1. The predicted molar refractivity (Wildman–Crippen MR) is 75.6 cm³/mol. The number of aromatic amines is 1. The Morgan fingerprint density at radius 3 is 3.00 bits per heavy atom. The van der Waals surface area contributed by atoms with Crippen LogP contribution in [0.25, 0.3) is 0 Å². The van der Waals surface area contributed by atoms with Crippen molar-refractivity contribution in [2.75, 3.05) is 18.9 Å². The Kier molecular flexibility index (Phi) is 4.41. The molecule has 0 unspecified atom stereocenters. The summed E-state index contributed by atoms with van der Waals surface area (Å²) in [6.45, 7) is 0.516. The first-order valence-corrected chi connectivity index (χ1v) is 6.32. The Morgan fingerprint density at radius 2 is 2.32 bits per heavy atom. The summed E-state index contributed by atoms with van der Waals surface area (Å²) in [6.07, 6.45) is 4.11. The molecule has 5 nitrogen and oxygen atoms in total. The first kappa shape index (κ1) is 13.4. The molecule has 1 heterocycles. The van der Waals surface area contributed by atoms with E-state index in [2.05, 4.69) is 20.6 Å². The Hall–Kier alpha value is -2.01. The number of carbonyl (C=O) groups is 1. The van der Waals surface area contributed by atoms with Crippen LogP contribution in [0.4, 0.5) is 5.69 Å². The zero-order chi connectivity index (χ0) is 13.7. The average molecular weight is 279 g/mol. The first-order chi connectivity index (χ1) is 9.20. The molecule has 1 aromatic carbocycles. The van der Waals surface area contributed by atoms with Crippen molar-refractivity contribution in [2.24, 2.45) is 0 Å². The van der Waals surface area contributed by atoms with E-state index in [0.717, 1.165) is 11.5 Å². The van der Waals surface area contributed by atoms with Crippen molar-refractivity contribution in [3.63, 3.8) is 0 Å². The lowest BCUT2D eigenvalue weighted by Gasteiger charge is -2.09. The molecule has 1 amide bonds. The molecule has 0 saturated heterocycles. The number of hydrogen-bond acceptors (Lipinski definition) is 3. The predicted octanol–water partition coefficient (Wildman–Crippen LogP) is 2.08. The van der Waals surface area contributed by atoms with E-state index in [0.29, 0.717) is 23.6 Å². The molecule has 0 aliphatic rings. The van der Waals surface area contributed by atoms with Gasteiger partial charge in [-0.2, -0.15) is 0 Å². The number of rotatable bonds is 5. The van der Waals surface area contributed by atoms with Gasteiger partial charge in [-0.3, -0.25) is 4.79 Å². The highest BCUT2D eigenvalue weighted by molar-refractivity contribution is 6.31. The molecule has 0 aliphatic carbocycles. The standard InChI is InChI=1S/C13H15ClN4O/c1-15-11-3-2-9(14)8-10(11)13(19)18-5-4-12-16-6-7-17-12/h2-3,6-8,15H,4-5H2,1H3,(H,16,17)(H,18,19). The normalized spacial score (nSPS) is 10.2. The van der Waals surface area contributed by atoms with E-state index in [1.807, 2.05) is 0 Å². The van der Waals surface area contributed by atoms with Gasteiger partial charge in [0, 0.05) is 43.1 Å². The molecule has 2 aromatic rings. The van der Waals surface area contributed by atoms with Gasteiger partial charge in [-0.1, -0.05) is 11.6 Å². The molecule has 2 rings (SSSR count). The molecular formula is C13H15ClN4O. The monoisotopic (exact) mass is 278 g/mol. The zero-order valence-corrected chi connectivity index (χ0v) is 11.3. The lowest BCUT2D eigenvalue weighted by atomic mass is 10.1. The van der Waals surface area contributed by atoms with Crippen LogP contribution in [0.3, 0.4) is 0 Å². The highest BCUT2D eigenvalue weighted by Crippen LogP contribution is 2.20. The second-order valence-electron chi connectivity index (χ2n) is 3.98. The largest absolute Gasteiger partial charge is 0.387 e. The molecule has 19 heavy (non-hydrogen) atoms. The number of carbonyl (C=O) groups excluding carboxylic acids is 1. The third-order valence-electron chi connectivity index (χ3n) is 2.70. The fraction of sp³-hybridized carbons (Fsp3) is 0.231. The quantitative estimate of drug-likeness (QED) is 0.784. The number of hydrogen-bond donors (Lipinski definition) is 3. The molecule has 1 aromatic heterocycles. The Labute approximate surface area is 116 Å². The summed E-state index contributed by atoms with van der Waals surface area (Å²) < 4.78 is 0. The van der Waals surface area contributed by atoms with Gasteiger partial charge in [0.25, 0.3) is 5.91 Å². The summed E-state index contributed by atoms with van der Waals surface area (Å²) in [5.74, 6) is 0.693. The van der Waals surface area contributed by atoms with Gasteiger partial charge in [0.05, 0.1) is 5.56 Å². The van der Waals surface area contributed by atoms with Crippen molar-refractivity contribution in [1.82, 2.24) is 15.3 Å². The molecule has 100 valence electrons. The van der Waals surface area contributed by atoms with Crippen LogP contribution >= 0.6 is 11.6 Å². The van der Waals surface area contributed by atoms with Crippen molar-refractivity contribution in [3.8, 4) is 0 Å². The van der Waals surface area contributed by atoms with E-state index >= 15 is 0 Å². The van der Waals surface area contributed by atoms with E-state index in [1.165, 1.54) is 0 Å². The molecule has 0 spiro atoms. The van der Waals surface area contributed by atoms with Gasteiger partial charge in [0.15, 0.2) is 0 Å². The van der Waals surface area contributed by atoms with Gasteiger partial charge in [-0.05, 0) is 18.2 Å². The van der Waals surface area contributed by atoms with Crippen molar-refractivity contribution < 1.29 is 4.79 Å². The Balaban J connectivity index is 1.97. The number of halogens is 1. The summed E-state index contributed by atoms with van der Waals surface area (Å²) >= 11 is 5.91. The fourth-order valence-corrected chi connectivity index (χ4v) is 1.92. The second-order valence-corrected chi connectivity index (χ2v) is 4.42. The van der Waals surface area contributed by atoms with E-state index in [9.17, 15) is 4.79 Å². The average Bonchev–Trinajstić information content (AvgIpc) is 2.91. The van der Waals surface area contributed by atoms with Crippen LogP contribution in [0.1, 0.15) is 16.2 Å². The van der Waals surface area contributed by atoms with E-state index < -0.39 is 0 Å². The second kappa shape index (κ2) is 6.24. The summed E-state index contributed by atoms with van der Waals surface area (Å²) in [4.78, 5) is 19.1. The van der Waals surface area contributed by atoms with Crippen LogP contribution in [-0.4, -0.2) is 29.5 Å². The van der Waals surface area contributed by atoms with E-state index in [-0.39, 0.29) is 5.91 Å². The molecule has 0 fully saturated rings. The van der Waals surface area contributed by atoms with Crippen LogP contribution in [0.15, 0.2) is 30.6 Å². The van der Waals surface area contributed by atoms with Crippen LogP contribution in [0.5, 0.6) is 0 Å². The smallest absolute Gasteiger partial charge is 0.253 e. The number of imidazole rings is 1. The van der Waals surface area contributed by atoms with Crippen LogP contribution in [0.2, 0.25) is 5.02 Å². The van der Waals surface area contributed by atoms with E-state index in [1.54, 1.807) is 37.6 Å². The number of aromatic nitrogens is 2. The van der Waals surface area contributed by atoms with Crippen molar-refractivity contribution in [2.45, 2.75) is 6.42 Å². The molecule has 6 heteroatoms. The lowest BCUT2D eigenvalue weighted by Crippen LogP contribution is -2.26. The summed E-state index contributed by atoms with van der Waals surface area (Å²) in [7, 11) is 1.77. The third kappa shape index (κ3) is 3.48. The fourth-order valence-electron chi connectivity index (χ4n) is 1.75. The third-order valence-corrected chi connectivity index (χ3v) is 2.93. The summed E-state index contributed by atoms with van der Waals surface area (Å²) in [6, 6.07) is 5.17. The highest BCUT2D eigenvalue weighted by atomic mass is 35.5. The Bertz CT molecular complexity index is 554. The number of amides is 1. The SMILES string of the molecule is CNc1ccc(Cl)cc1C(=O)NCCc1ncc[nH]1. The molecule has 0 atom stereocenters. The maximum Gasteiger partial charge on any atom is 0.253 e. The van der Waals surface area contributed by atoms with Crippen LogP contribution < -0.4 is 10.6 Å². The van der Waals surface area contributed by atoms with Gasteiger partial charge in [-0.25, -0.2) is 4.98 Å². The minimum atomic E-state index is -0.154. The molecule has 0 aliphatic heterocycles. The van der Waals surface area contributed by atoms with Crippen LogP contribution in [-0.2, 0) is 6.42 Å². The first-order valence-electron chi connectivity index (χ1n) is 5.94. The lowest BCUT2D eigenvalue weighted by molar-refractivity contribution is 0.0955. The van der Waals surface area contributed by atoms with Gasteiger partial charge < -0.3 is 15.6 Å². The number of nitrogens with one attached hydrogen (secondary N) is 3. The molecule has 0 radical (unpaired) electrons. The highest BCUT2D eigenvalue weighted by Gasteiger charge is 2.11. The minimum absolute atomic E-state index is 0.154. The zero-order valence-electron chi connectivity index (χ0n) is 10.5. The van der Waals surface area contributed by atoms with Crippen LogP contribution in [0, 0.1) is 0 Å².